The first-order chi connectivity index (χ1) is 8.26. The molecule has 0 aromatic carbocycles. The van der Waals surface area contributed by atoms with Crippen LogP contribution in [0.3, 0.4) is 0 Å². The van der Waals surface area contributed by atoms with Crippen molar-refractivity contribution in [1.29, 1.82) is 0 Å². The van der Waals surface area contributed by atoms with Gasteiger partial charge in [0.1, 0.15) is 0 Å². The number of aryl methyl sites for hydroxylation is 1. The minimum atomic E-state index is 0.210. The molecule has 1 aromatic heterocycles. The highest BCUT2D eigenvalue weighted by Gasteiger charge is 2.08. The second-order valence-electron chi connectivity index (χ2n) is 3.98. The summed E-state index contributed by atoms with van der Waals surface area (Å²) in [5, 5.41) is 4.13. The van der Waals surface area contributed by atoms with Crippen LogP contribution in [0.2, 0.25) is 0 Å². The number of rotatable bonds is 9. The van der Waals surface area contributed by atoms with Crippen molar-refractivity contribution in [2.24, 2.45) is 12.9 Å². The van der Waals surface area contributed by atoms with Crippen molar-refractivity contribution in [3.8, 4) is 0 Å². The lowest BCUT2D eigenvalue weighted by Gasteiger charge is -2.14. The Kier molecular flexibility index (Phi) is 6.80. The van der Waals surface area contributed by atoms with Crippen molar-refractivity contribution in [2.75, 3.05) is 26.9 Å². The fourth-order valence-electron chi connectivity index (χ4n) is 1.58. The molecule has 6 nitrogen and oxygen atoms in total. The van der Waals surface area contributed by atoms with E-state index in [0.29, 0.717) is 19.8 Å². The second-order valence-corrected chi connectivity index (χ2v) is 3.98. The fraction of sp³-hybridized carbons (Fsp3) is 0.727. The van der Waals surface area contributed by atoms with Crippen LogP contribution in [-0.2, 0) is 22.9 Å². The van der Waals surface area contributed by atoms with Gasteiger partial charge in [-0.3, -0.25) is 16.0 Å². The molecule has 1 aromatic rings. The molecule has 0 spiro atoms. The van der Waals surface area contributed by atoms with Gasteiger partial charge < -0.3 is 9.47 Å². The number of hydrogen-bond acceptors (Lipinski definition) is 5. The lowest BCUT2D eigenvalue weighted by atomic mass is 10.1. The van der Waals surface area contributed by atoms with E-state index in [2.05, 4.69) is 10.5 Å². The summed E-state index contributed by atoms with van der Waals surface area (Å²) in [6.07, 6.45) is 5.58. The Balaban J connectivity index is 2.19. The first kappa shape index (κ1) is 14.1. The third-order valence-corrected chi connectivity index (χ3v) is 2.52. The van der Waals surface area contributed by atoms with Gasteiger partial charge in [-0.2, -0.15) is 5.10 Å². The van der Waals surface area contributed by atoms with E-state index >= 15 is 0 Å². The number of hydrazine groups is 1. The second kappa shape index (κ2) is 8.19. The van der Waals surface area contributed by atoms with Gasteiger partial charge in [0.05, 0.1) is 19.4 Å². The lowest BCUT2D eigenvalue weighted by Crippen LogP contribution is -2.37. The number of hydrogen-bond donors (Lipinski definition) is 2. The van der Waals surface area contributed by atoms with Crippen molar-refractivity contribution in [1.82, 2.24) is 15.2 Å². The molecule has 0 aliphatic rings. The molecule has 1 atom stereocenters. The maximum Gasteiger partial charge on any atom is 0.0700 e. The predicted molar refractivity (Wildman–Crippen MR) is 65.3 cm³/mol. The number of methoxy groups -OCH3 is 1. The Morgan fingerprint density at radius 1 is 1.47 bits per heavy atom. The molecule has 0 aliphatic heterocycles. The summed E-state index contributed by atoms with van der Waals surface area (Å²) < 4.78 is 12.1. The van der Waals surface area contributed by atoms with E-state index in [1.54, 1.807) is 11.8 Å². The van der Waals surface area contributed by atoms with E-state index in [1.165, 1.54) is 5.56 Å². The SMILES string of the molecule is COCCOCCC(Cc1cnn(C)c1)NN. The molecule has 98 valence electrons. The zero-order chi connectivity index (χ0) is 12.5. The van der Waals surface area contributed by atoms with Gasteiger partial charge in [-0.15, -0.1) is 0 Å². The summed E-state index contributed by atoms with van der Waals surface area (Å²) in [4.78, 5) is 0. The van der Waals surface area contributed by atoms with Crippen LogP contribution >= 0.6 is 0 Å². The van der Waals surface area contributed by atoms with Crippen molar-refractivity contribution >= 4 is 0 Å². The Morgan fingerprint density at radius 2 is 2.29 bits per heavy atom. The van der Waals surface area contributed by atoms with Gasteiger partial charge in [-0.05, 0) is 18.4 Å². The van der Waals surface area contributed by atoms with Gasteiger partial charge >= 0.3 is 0 Å². The topological polar surface area (TPSA) is 74.3 Å². The van der Waals surface area contributed by atoms with E-state index in [0.717, 1.165) is 12.8 Å². The molecule has 0 bridgehead atoms. The van der Waals surface area contributed by atoms with Crippen LogP contribution in [0.1, 0.15) is 12.0 Å². The van der Waals surface area contributed by atoms with Gasteiger partial charge in [0.15, 0.2) is 0 Å². The number of aromatic nitrogens is 2. The highest BCUT2D eigenvalue weighted by molar-refractivity contribution is 5.05. The van der Waals surface area contributed by atoms with Crippen LogP contribution < -0.4 is 11.3 Å². The summed E-state index contributed by atoms with van der Waals surface area (Å²) in [6, 6.07) is 0.210. The average Bonchev–Trinajstić information content (AvgIpc) is 2.73. The van der Waals surface area contributed by atoms with E-state index in [9.17, 15) is 0 Å². The van der Waals surface area contributed by atoms with Crippen LogP contribution in [0.4, 0.5) is 0 Å². The van der Waals surface area contributed by atoms with Crippen LogP contribution in [-0.4, -0.2) is 42.8 Å². The normalized spacial score (nSPS) is 12.9. The molecular formula is C11H22N4O2. The molecule has 6 heteroatoms. The molecule has 0 fully saturated rings. The molecule has 0 saturated heterocycles. The van der Waals surface area contributed by atoms with Gasteiger partial charge in [0.25, 0.3) is 0 Å². The number of nitrogens with zero attached hydrogens (tertiary/aromatic N) is 2. The van der Waals surface area contributed by atoms with Crippen molar-refractivity contribution in [3.05, 3.63) is 18.0 Å². The molecule has 17 heavy (non-hydrogen) atoms. The highest BCUT2D eigenvalue weighted by Crippen LogP contribution is 2.04. The minimum Gasteiger partial charge on any atom is -0.382 e. The summed E-state index contributed by atoms with van der Waals surface area (Å²) in [7, 11) is 3.57. The molecule has 1 rings (SSSR count). The summed E-state index contributed by atoms with van der Waals surface area (Å²) >= 11 is 0. The van der Waals surface area contributed by atoms with Crippen molar-refractivity contribution in [3.63, 3.8) is 0 Å². The third kappa shape index (κ3) is 5.78. The maximum atomic E-state index is 5.51. The molecule has 3 N–H and O–H groups in total. The Labute approximate surface area is 102 Å². The number of nitrogens with one attached hydrogen (secondary N) is 1. The third-order valence-electron chi connectivity index (χ3n) is 2.52. The van der Waals surface area contributed by atoms with Crippen LogP contribution in [0.25, 0.3) is 0 Å². The van der Waals surface area contributed by atoms with Crippen molar-refractivity contribution in [2.45, 2.75) is 18.9 Å². The minimum absolute atomic E-state index is 0.210. The first-order valence-corrected chi connectivity index (χ1v) is 5.76. The van der Waals surface area contributed by atoms with Gasteiger partial charge in [0, 0.05) is 33.0 Å². The smallest absolute Gasteiger partial charge is 0.0700 e. The average molecular weight is 242 g/mol. The maximum absolute atomic E-state index is 5.51. The Hall–Kier alpha value is -0.950. The predicted octanol–water partition coefficient (Wildman–Crippen LogP) is -0.152. The van der Waals surface area contributed by atoms with Crippen LogP contribution in [0, 0.1) is 0 Å². The number of nitrogens with two attached hydrogens (primary N) is 1. The Bertz CT molecular complexity index is 303. The van der Waals surface area contributed by atoms with E-state index in [4.69, 9.17) is 15.3 Å². The highest BCUT2D eigenvalue weighted by atomic mass is 16.5. The quantitative estimate of drug-likeness (QED) is 0.358. The van der Waals surface area contributed by atoms with Gasteiger partial charge in [-0.1, -0.05) is 0 Å². The van der Waals surface area contributed by atoms with E-state index < -0.39 is 0 Å². The summed E-state index contributed by atoms with van der Waals surface area (Å²) in [5.41, 5.74) is 3.98. The molecule has 0 radical (unpaired) electrons. The van der Waals surface area contributed by atoms with Gasteiger partial charge in [0.2, 0.25) is 0 Å². The summed E-state index contributed by atoms with van der Waals surface area (Å²) in [5.74, 6) is 5.51. The zero-order valence-electron chi connectivity index (χ0n) is 10.6. The monoisotopic (exact) mass is 242 g/mol. The first-order valence-electron chi connectivity index (χ1n) is 5.76. The standard InChI is InChI=1S/C11H22N4O2/c1-15-9-10(8-13-15)7-11(14-12)3-4-17-6-5-16-2/h8-9,11,14H,3-7,12H2,1-2H3. The molecule has 0 saturated carbocycles. The molecule has 0 amide bonds. The Morgan fingerprint density at radius 3 is 2.88 bits per heavy atom. The fourth-order valence-corrected chi connectivity index (χ4v) is 1.58. The lowest BCUT2D eigenvalue weighted by molar-refractivity contribution is 0.0658. The molecule has 1 unspecified atom stereocenters. The van der Waals surface area contributed by atoms with E-state index in [1.807, 2.05) is 19.4 Å². The van der Waals surface area contributed by atoms with Crippen LogP contribution in [0.15, 0.2) is 12.4 Å². The summed E-state index contributed by atoms with van der Waals surface area (Å²) in [6.45, 7) is 1.93. The van der Waals surface area contributed by atoms with Crippen LogP contribution in [0.5, 0.6) is 0 Å². The largest absolute Gasteiger partial charge is 0.382 e. The van der Waals surface area contributed by atoms with E-state index in [-0.39, 0.29) is 6.04 Å². The number of ether oxygens (including phenoxy) is 2. The van der Waals surface area contributed by atoms with Gasteiger partial charge in [-0.25, -0.2) is 0 Å². The molecule has 1 heterocycles. The molecule has 0 aliphatic carbocycles. The zero-order valence-corrected chi connectivity index (χ0v) is 10.6. The van der Waals surface area contributed by atoms with Crippen molar-refractivity contribution < 1.29 is 9.47 Å². The molecular weight excluding hydrogens is 220 g/mol.